The van der Waals surface area contributed by atoms with Crippen molar-refractivity contribution >= 4 is 15.8 Å². The van der Waals surface area contributed by atoms with Crippen LogP contribution in [0, 0.1) is 0 Å². The van der Waals surface area contributed by atoms with Crippen molar-refractivity contribution in [2.24, 2.45) is 0 Å². The lowest BCUT2D eigenvalue weighted by Crippen LogP contribution is -2.44. The van der Waals surface area contributed by atoms with Gasteiger partial charge in [-0.15, -0.1) is 0 Å². The van der Waals surface area contributed by atoms with E-state index in [4.69, 9.17) is 4.74 Å². The molecule has 2 heterocycles. The SMILES string of the molecule is CN(C)c1nccnc1OC1CCCN(S(=O)(=O)c2ccc3c(c2)CCCC3)C1. The van der Waals surface area contributed by atoms with Gasteiger partial charge in [0.15, 0.2) is 5.82 Å². The van der Waals surface area contributed by atoms with Crippen LogP contribution < -0.4 is 9.64 Å². The van der Waals surface area contributed by atoms with E-state index in [1.54, 1.807) is 22.8 Å². The number of hydrogen-bond donors (Lipinski definition) is 0. The molecule has 0 N–H and O–H groups in total. The van der Waals surface area contributed by atoms with Crippen LogP contribution in [0.15, 0.2) is 35.5 Å². The molecule has 4 rings (SSSR count). The van der Waals surface area contributed by atoms with Gasteiger partial charge < -0.3 is 9.64 Å². The third kappa shape index (κ3) is 4.23. The van der Waals surface area contributed by atoms with Crippen LogP contribution in [0.1, 0.15) is 36.8 Å². The zero-order valence-corrected chi connectivity index (χ0v) is 17.9. The van der Waals surface area contributed by atoms with Gasteiger partial charge in [-0.2, -0.15) is 4.31 Å². The van der Waals surface area contributed by atoms with Crippen LogP contribution in [0.2, 0.25) is 0 Å². The second-order valence-corrected chi connectivity index (χ2v) is 9.90. The number of rotatable bonds is 5. The first-order valence-corrected chi connectivity index (χ1v) is 11.7. The molecular formula is C21H28N4O3S. The Morgan fingerprint density at radius 2 is 1.83 bits per heavy atom. The van der Waals surface area contributed by atoms with Gasteiger partial charge in [-0.05, 0) is 61.8 Å². The standard InChI is InChI=1S/C21H28N4O3S/c1-24(2)20-21(23-12-11-22-20)28-18-8-5-13-25(15-18)29(26,27)19-10-9-16-6-3-4-7-17(16)14-19/h9-12,14,18H,3-8,13,15H2,1-2H3. The van der Waals surface area contributed by atoms with Crippen LogP contribution in [0.5, 0.6) is 5.88 Å². The van der Waals surface area contributed by atoms with E-state index >= 15 is 0 Å². The Labute approximate surface area is 172 Å². The van der Waals surface area contributed by atoms with Crippen LogP contribution >= 0.6 is 0 Å². The molecule has 1 aliphatic carbocycles. The second-order valence-electron chi connectivity index (χ2n) is 7.96. The number of ether oxygens (including phenoxy) is 1. The highest BCUT2D eigenvalue weighted by Gasteiger charge is 2.32. The molecule has 2 aliphatic rings. The molecule has 7 nitrogen and oxygen atoms in total. The summed E-state index contributed by atoms with van der Waals surface area (Å²) < 4.78 is 34.2. The van der Waals surface area contributed by atoms with E-state index in [1.807, 2.05) is 31.1 Å². The lowest BCUT2D eigenvalue weighted by molar-refractivity contribution is 0.125. The van der Waals surface area contributed by atoms with Crippen LogP contribution in [-0.4, -0.2) is 56.0 Å². The fourth-order valence-electron chi connectivity index (χ4n) is 4.10. The summed E-state index contributed by atoms with van der Waals surface area (Å²) in [5.74, 6) is 1.08. The highest BCUT2D eigenvalue weighted by molar-refractivity contribution is 7.89. The monoisotopic (exact) mass is 416 g/mol. The third-order valence-corrected chi connectivity index (χ3v) is 7.51. The van der Waals surface area contributed by atoms with Crippen LogP contribution in [-0.2, 0) is 22.9 Å². The van der Waals surface area contributed by atoms with Gasteiger partial charge in [-0.25, -0.2) is 18.4 Å². The lowest BCUT2D eigenvalue weighted by Gasteiger charge is -2.32. The summed E-state index contributed by atoms with van der Waals surface area (Å²) in [5, 5.41) is 0. The molecule has 29 heavy (non-hydrogen) atoms. The van der Waals surface area contributed by atoms with Crippen molar-refractivity contribution in [3.8, 4) is 5.88 Å². The van der Waals surface area contributed by atoms with Crippen LogP contribution in [0.25, 0.3) is 0 Å². The minimum atomic E-state index is -3.54. The molecular weight excluding hydrogens is 388 g/mol. The predicted octanol–water partition coefficient (Wildman–Crippen LogP) is 2.65. The maximum Gasteiger partial charge on any atom is 0.257 e. The van der Waals surface area contributed by atoms with Crippen LogP contribution in [0.3, 0.4) is 0 Å². The van der Waals surface area contributed by atoms with E-state index in [0.717, 1.165) is 32.1 Å². The molecule has 8 heteroatoms. The molecule has 0 saturated carbocycles. The maximum atomic E-state index is 13.3. The molecule has 1 aliphatic heterocycles. The van der Waals surface area contributed by atoms with Crippen molar-refractivity contribution in [2.75, 3.05) is 32.1 Å². The molecule has 1 fully saturated rings. The first kappa shape index (κ1) is 20.1. The smallest absolute Gasteiger partial charge is 0.257 e. The number of aryl methyl sites for hydroxylation is 2. The number of anilines is 1. The highest BCUT2D eigenvalue weighted by Crippen LogP contribution is 2.29. The van der Waals surface area contributed by atoms with Crippen molar-refractivity contribution < 1.29 is 13.2 Å². The average Bonchev–Trinajstić information content (AvgIpc) is 2.74. The topological polar surface area (TPSA) is 75.6 Å². The van der Waals surface area contributed by atoms with Gasteiger partial charge in [0.05, 0.1) is 11.4 Å². The van der Waals surface area contributed by atoms with Gasteiger partial charge in [0.25, 0.3) is 5.88 Å². The predicted molar refractivity (Wildman–Crippen MR) is 112 cm³/mol. The number of benzene rings is 1. The Hall–Kier alpha value is -2.19. The highest BCUT2D eigenvalue weighted by atomic mass is 32.2. The molecule has 1 saturated heterocycles. The molecule has 0 amide bonds. The van der Waals surface area contributed by atoms with Gasteiger partial charge in [-0.1, -0.05) is 6.07 Å². The van der Waals surface area contributed by atoms with E-state index in [0.29, 0.717) is 29.7 Å². The van der Waals surface area contributed by atoms with Gasteiger partial charge in [0.1, 0.15) is 6.10 Å². The fraction of sp³-hybridized carbons (Fsp3) is 0.524. The summed E-state index contributed by atoms with van der Waals surface area (Å²) in [6, 6.07) is 5.63. The average molecular weight is 417 g/mol. The van der Waals surface area contributed by atoms with Crippen LogP contribution in [0.4, 0.5) is 5.82 Å². The molecule has 1 atom stereocenters. The molecule has 1 unspecified atom stereocenters. The van der Waals surface area contributed by atoms with E-state index in [2.05, 4.69) is 9.97 Å². The van der Waals surface area contributed by atoms with E-state index in [9.17, 15) is 8.42 Å². The Balaban J connectivity index is 1.52. The zero-order valence-electron chi connectivity index (χ0n) is 17.0. The quantitative estimate of drug-likeness (QED) is 0.746. The molecule has 0 radical (unpaired) electrons. The molecule has 0 bridgehead atoms. The maximum absolute atomic E-state index is 13.3. The van der Waals surface area contributed by atoms with E-state index in [-0.39, 0.29) is 6.10 Å². The van der Waals surface area contributed by atoms with Crippen molar-refractivity contribution in [1.82, 2.24) is 14.3 Å². The van der Waals surface area contributed by atoms with E-state index in [1.165, 1.54) is 17.5 Å². The Morgan fingerprint density at radius 3 is 2.62 bits per heavy atom. The van der Waals surface area contributed by atoms with Crippen molar-refractivity contribution in [3.63, 3.8) is 0 Å². The summed E-state index contributed by atoms with van der Waals surface area (Å²) in [6.07, 6.45) is 8.83. The zero-order chi connectivity index (χ0) is 20.4. The molecule has 2 aromatic rings. The fourth-order valence-corrected chi connectivity index (χ4v) is 5.67. The summed E-state index contributed by atoms with van der Waals surface area (Å²) >= 11 is 0. The summed E-state index contributed by atoms with van der Waals surface area (Å²) in [5.41, 5.74) is 2.46. The molecule has 1 aromatic heterocycles. The Kier molecular flexibility index (Phi) is 5.74. The Bertz CT molecular complexity index is 978. The van der Waals surface area contributed by atoms with Gasteiger partial charge in [0, 0.05) is 33.0 Å². The Morgan fingerprint density at radius 1 is 1.07 bits per heavy atom. The summed E-state index contributed by atoms with van der Waals surface area (Å²) in [4.78, 5) is 10.8. The van der Waals surface area contributed by atoms with Gasteiger partial charge in [-0.3, -0.25) is 0 Å². The minimum absolute atomic E-state index is 0.244. The summed E-state index contributed by atoms with van der Waals surface area (Å²) in [6.45, 7) is 0.836. The first-order chi connectivity index (χ1) is 13.9. The first-order valence-electron chi connectivity index (χ1n) is 10.2. The van der Waals surface area contributed by atoms with Crippen molar-refractivity contribution in [3.05, 3.63) is 41.7 Å². The minimum Gasteiger partial charge on any atom is -0.470 e. The van der Waals surface area contributed by atoms with E-state index < -0.39 is 10.0 Å². The lowest BCUT2D eigenvalue weighted by atomic mass is 9.92. The van der Waals surface area contributed by atoms with Crippen molar-refractivity contribution in [2.45, 2.75) is 49.5 Å². The number of piperidine rings is 1. The molecule has 156 valence electrons. The van der Waals surface area contributed by atoms with Crippen molar-refractivity contribution in [1.29, 1.82) is 0 Å². The third-order valence-electron chi connectivity index (χ3n) is 5.65. The normalized spacial score (nSPS) is 20.1. The number of sulfonamides is 1. The number of nitrogens with zero attached hydrogens (tertiary/aromatic N) is 4. The second kappa shape index (κ2) is 8.28. The van der Waals surface area contributed by atoms with Gasteiger partial charge >= 0.3 is 0 Å². The van der Waals surface area contributed by atoms with Gasteiger partial charge in [0.2, 0.25) is 10.0 Å². The number of hydrogen-bond acceptors (Lipinski definition) is 6. The molecule has 0 spiro atoms. The largest absolute Gasteiger partial charge is 0.470 e. The number of aromatic nitrogens is 2. The molecule has 1 aromatic carbocycles. The number of fused-ring (bicyclic) bond motifs is 1. The summed E-state index contributed by atoms with van der Waals surface area (Å²) in [7, 11) is 0.219.